The van der Waals surface area contributed by atoms with Gasteiger partial charge in [-0.3, -0.25) is 14.7 Å². The molecule has 0 radical (unpaired) electrons. The molecule has 1 saturated carbocycles. The number of rotatable bonds is 5. The highest BCUT2D eigenvalue weighted by atomic mass is 32.1. The molecule has 3 fully saturated rings. The van der Waals surface area contributed by atoms with Crippen molar-refractivity contribution in [2.24, 2.45) is 11.1 Å². The lowest BCUT2D eigenvalue weighted by molar-refractivity contribution is -0.138. The summed E-state index contributed by atoms with van der Waals surface area (Å²) in [4.78, 5) is 34.3. The van der Waals surface area contributed by atoms with E-state index in [9.17, 15) is 23.1 Å². The number of hydrogen-bond acceptors (Lipinski definition) is 8. The van der Waals surface area contributed by atoms with Gasteiger partial charge in [0.2, 0.25) is 5.91 Å². The van der Waals surface area contributed by atoms with Gasteiger partial charge in [0.05, 0.1) is 17.7 Å². The molecule has 3 aromatic rings. The van der Waals surface area contributed by atoms with Crippen LogP contribution in [0.2, 0.25) is 0 Å². The molecule has 3 aliphatic rings. The Morgan fingerprint density at radius 1 is 1.07 bits per heavy atom. The summed E-state index contributed by atoms with van der Waals surface area (Å²) in [6.07, 6.45) is 4.17. The number of thiazole rings is 1. The van der Waals surface area contributed by atoms with E-state index in [1.807, 2.05) is 29.2 Å². The average molecular weight is 632 g/mol. The van der Waals surface area contributed by atoms with Crippen LogP contribution in [0.1, 0.15) is 55.3 Å². The van der Waals surface area contributed by atoms with Crippen molar-refractivity contribution in [1.29, 1.82) is 0 Å². The molecule has 1 spiro atoms. The lowest BCUT2D eigenvalue weighted by atomic mass is 9.79. The molecule has 2 saturated heterocycles. The number of carbonyl (C=O) groups excluding carboxylic acids is 2. The van der Waals surface area contributed by atoms with Crippen LogP contribution >= 0.6 is 11.3 Å². The van der Waals surface area contributed by atoms with Crippen molar-refractivity contribution >= 4 is 24.0 Å². The van der Waals surface area contributed by atoms with Crippen molar-refractivity contribution in [3.63, 3.8) is 0 Å². The third-order valence-electron chi connectivity index (χ3n) is 9.09. The Hall–Kier alpha value is -3.19. The number of aromatic nitrogens is 2. The number of aliphatic hydroxyl groups is 1. The molecular weight excluding hydrogens is 591 g/mol. The van der Waals surface area contributed by atoms with E-state index in [1.165, 1.54) is 13.1 Å². The zero-order valence-corrected chi connectivity index (χ0v) is 25.7. The monoisotopic (exact) mass is 631 g/mol. The molecule has 1 atom stereocenters. The third kappa shape index (κ3) is 7.53. The van der Waals surface area contributed by atoms with Gasteiger partial charge in [0.1, 0.15) is 17.4 Å². The molecule has 2 aromatic heterocycles. The second-order valence-electron chi connectivity index (χ2n) is 11.7. The van der Waals surface area contributed by atoms with Gasteiger partial charge in [-0.1, -0.05) is 18.2 Å². The van der Waals surface area contributed by atoms with Crippen LogP contribution < -0.4 is 5.73 Å². The minimum atomic E-state index is -4.41. The number of benzene rings is 1. The largest absolute Gasteiger partial charge is 0.416 e. The molecule has 238 valence electrons. The lowest BCUT2D eigenvalue weighted by Crippen LogP contribution is -2.43. The standard InChI is InChI=1S/C30H33F3N4O2S.CH5N.CH2O/c31-30(32,33)23-3-1-2-21(16-23)17-26(38)37-14-11-28(20-37)10-13-36(19-28)24-6-8-29(39,9-7-24)25-5-4-22(18-35-25)27-34-12-15-40-27;2*1-2/h1-5,12,15-16,18,24,39H,6-11,13-14,17,19-20H2;2H2,1H3;1H2. The highest BCUT2D eigenvalue weighted by Gasteiger charge is 2.47. The van der Waals surface area contributed by atoms with Gasteiger partial charge in [-0.2, -0.15) is 13.2 Å². The number of alkyl halides is 3. The molecule has 1 unspecified atom stereocenters. The highest BCUT2D eigenvalue weighted by molar-refractivity contribution is 7.13. The van der Waals surface area contributed by atoms with Crippen LogP contribution in [0.15, 0.2) is 54.2 Å². The van der Waals surface area contributed by atoms with E-state index in [4.69, 9.17) is 4.79 Å². The molecule has 1 aliphatic carbocycles. The van der Waals surface area contributed by atoms with Crippen LogP contribution in [0.3, 0.4) is 0 Å². The van der Waals surface area contributed by atoms with E-state index >= 15 is 0 Å². The zero-order chi connectivity index (χ0) is 32.0. The Labute approximate surface area is 260 Å². The fourth-order valence-electron chi connectivity index (χ4n) is 6.77. The summed E-state index contributed by atoms with van der Waals surface area (Å²) >= 11 is 1.56. The summed E-state index contributed by atoms with van der Waals surface area (Å²) in [6.45, 7) is 5.20. The second-order valence-corrected chi connectivity index (χ2v) is 12.6. The SMILES string of the molecule is C=O.CN.O=C(Cc1cccc(C(F)(F)F)c1)N1CCC2(CCN(C3CCC(O)(c4ccc(-c5nccs5)cn4)CC3)C2)C1. The van der Waals surface area contributed by atoms with E-state index < -0.39 is 17.3 Å². The molecule has 4 heterocycles. The molecule has 2 aliphatic heterocycles. The van der Waals surface area contributed by atoms with Gasteiger partial charge in [-0.05, 0) is 75.9 Å². The quantitative estimate of drug-likeness (QED) is 0.412. The zero-order valence-electron chi connectivity index (χ0n) is 24.9. The number of nitrogens with two attached hydrogens (primary N) is 1. The summed E-state index contributed by atoms with van der Waals surface area (Å²) in [5.41, 5.74) is 4.98. The Balaban J connectivity index is 0.00000106. The first-order valence-corrected chi connectivity index (χ1v) is 15.6. The number of hydrogen-bond donors (Lipinski definition) is 2. The lowest BCUT2D eigenvalue weighted by Gasteiger charge is -2.39. The summed E-state index contributed by atoms with van der Waals surface area (Å²) in [5, 5.41) is 14.3. The summed E-state index contributed by atoms with van der Waals surface area (Å²) in [6, 6.07) is 9.37. The van der Waals surface area contributed by atoms with Crippen molar-refractivity contribution < 1.29 is 27.9 Å². The normalized spacial score (nSPS) is 25.2. The van der Waals surface area contributed by atoms with E-state index in [2.05, 4.69) is 20.6 Å². The molecule has 1 amide bonds. The molecule has 44 heavy (non-hydrogen) atoms. The topological polar surface area (TPSA) is 113 Å². The minimum Gasteiger partial charge on any atom is -0.384 e. The van der Waals surface area contributed by atoms with Crippen LogP contribution in [0, 0.1) is 5.41 Å². The van der Waals surface area contributed by atoms with Crippen molar-refractivity contribution in [3.8, 4) is 10.6 Å². The molecule has 8 nitrogen and oxygen atoms in total. The van der Waals surface area contributed by atoms with E-state index in [0.29, 0.717) is 37.5 Å². The molecule has 1 aromatic carbocycles. The Morgan fingerprint density at radius 3 is 2.43 bits per heavy atom. The first-order chi connectivity index (χ1) is 21.1. The Morgan fingerprint density at radius 2 is 1.80 bits per heavy atom. The van der Waals surface area contributed by atoms with Crippen molar-refractivity contribution in [2.45, 2.75) is 62.8 Å². The van der Waals surface area contributed by atoms with Gasteiger partial charge in [-0.25, -0.2) is 4.98 Å². The molecule has 0 bridgehead atoms. The Bertz CT molecular complexity index is 1360. The van der Waals surface area contributed by atoms with Gasteiger partial charge in [0, 0.05) is 54.4 Å². The van der Waals surface area contributed by atoms with Crippen molar-refractivity contribution in [2.75, 3.05) is 33.2 Å². The molecule has 3 N–H and O–H groups in total. The van der Waals surface area contributed by atoms with Crippen molar-refractivity contribution in [3.05, 3.63) is 71.0 Å². The average Bonchev–Trinajstić information content (AvgIpc) is 3.82. The maximum atomic E-state index is 13.1. The van der Waals surface area contributed by atoms with Crippen LogP contribution in [0.5, 0.6) is 0 Å². The van der Waals surface area contributed by atoms with Gasteiger partial charge in [-0.15, -0.1) is 11.3 Å². The maximum Gasteiger partial charge on any atom is 0.416 e. The summed E-state index contributed by atoms with van der Waals surface area (Å²) < 4.78 is 39.2. The van der Waals surface area contributed by atoms with Crippen LogP contribution in [-0.2, 0) is 27.8 Å². The second kappa shape index (κ2) is 14.3. The number of likely N-dealkylation sites (tertiary alicyclic amines) is 2. The van der Waals surface area contributed by atoms with E-state index in [0.717, 1.165) is 67.2 Å². The number of carbonyl (C=O) groups is 2. The van der Waals surface area contributed by atoms with Crippen LogP contribution in [0.4, 0.5) is 13.2 Å². The fourth-order valence-corrected chi connectivity index (χ4v) is 7.40. The predicted molar refractivity (Wildman–Crippen MR) is 164 cm³/mol. The van der Waals surface area contributed by atoms with Gasteiger partial charge >= 0.3 is 6.18 Å². The van der Waals surface area contributed by atoms with Gasteiger partial charge in [0.15, 0.2) is 0 Å². The number of halogens is 3. The highest BCUT2D eigenvalue weighted by Crippen LogP contribution is 2.44. The van der Waals surface area contributed by atoms with Gasteiger partial charge < -0.3 is 20.5 Å². The number of nitrogens with zero attached hydrogens (tertiary/aromatic N) is 4. The predicted octanol–water partition coefficient (Wildman–Crippen LogP) is 4.91. The molecule has 12 heteroatoms. The summed E-state index contributed by atoms with van der Waals surface area (Å²) in [7, 11) is 1.50. The first kappa shape index (κ1) is 33.7. The number of amides is 1. The van der Waals surface area contributed by atoms with Crippen LogP contribution in [0.25, 0.3) is 10.6 Å². The smallest absolute Gasteiger partial charge is 0.384 e. The Kier molecular flexibility index (Phi) is 10.9. The fraction of sp³-hybridized carbons (Fsp3) is 0.500. The van der Waals surface area contributed by atoms with E-state index in [-0.39, 0.29) is 17.7 Å². The molecular formula is C32H40F3N5O3S. The van der Waals surface area contributed by atoms with Gasteiger partial charge in [0.25, 0.3) is 0 Å². The van der Waals surface area contributed by atoms with E-state index in [1.54, 1.807) is 29.8 Å². The van der Waals surface area contributed by atoms with Crippen LogP contribution in [-0.4, -0.2) is 76.8 Å². The first-order valence-electron chi connectivity index (χ1n) is 14.8. The number of pyridine rings is 1. The summed E-state index contributed by atoms with van der Waals surface area (Å²) in [5.74, 6) is -0.106. The minimum absolute atomic E-state index is 0.0101. The van der Waals surface area contributed by atoms with Crippen molar-refractivity contribution in [1.82, 2.24) is 19.8 Å². The maximum absolute atomic E-state index is 13.1. The molecule has 6 rings (SSSR count). The third-order valence-corrected chi connectivity index (χ3v) is 9.91.